The van der Waals surface area contributed by atoms with E-state index < -0.39 is 0 Å². The lowest BCUT2D eigenvalue weighted by atomic mass is 10.3. The van der Waals surface area contributed by atoms with Crippen LogP contribution in [0.25, 0.3) is 5.65 Å². The molecule has 0 aromatic carbocycles. The molecule has 0 bridgehead atoms. The normalized spacial score (nSPS) is 11.0. The van der Waals surface area contributed by atoms with E-state index in [0.29, 0.717) is 5.69 Å². The number of fused-ring (bicyclic) bond motifs is 1. The summed E-state index contributed by atoms with van der Waals surface area (Å²) in [5, 5.41) is 6.44. The number of rotatable bonds is 2. The number of nitrogens with zero attached hydrogens (tertiary/aromatic N) is 3. The van der Waals surface area contributed by atoms with Crippen molar-refractivity contribution >= 4 is 22.7 Å². The summed E-state index contributed by atoms with van der Waals surface area (Å²) < 4.78 is 1.75. The molecule has 3 rings (SSSR count). The lowest BCUT2D eigenvalue weighted by Gasteiger charge is -1.91. The van der Waals surface area contributed by atoms with Crippen molar-refractivity contribution in [2.45, 2.75) is 6.42 Å². The van der Waals surface area contributed by atoms with Crippen molar-refractivity contribution in [3.63, 3.8) is 0 Å². The third-order valence-electron chi connectivity index (χ3n) is 2.32. The van der Waals surface area contributed by atoms with Crippen LogP contribution in [0.2, 0.25) is 0 Å². The second-order valence-corrected chi connectivity index (χ2v) is 4.58. The second-order valence-electron chi connectivity index (χ2n) is 3.55. The Labute approximate surface area is 96.4 Å². The Balaban J connectivity index is 1.99. The van der Waals surface area contributed by atoms with E-state index in [1.54, 1.807) is 15.9 Å². The molecular weight excluding hydrogens is 220 g/mol. The second kappa shape index (κ2) is 3.61. The van der Waals surface area contributed by atoms with Crippen molar-refractivity contribution < 1.29 is 0 Å². The zero-order valence-electron chi connectivity index (χ0n) is 8.50. The van der Waals surface area contributed by atoms with Gasteiger partial charge in [0.05, 0.1) is 0 Å². The van der Waals surface area contributed by atoms with Crippen LogP contribution in [0.5, 0.6) is 0 Å². The lowest BCUT2D eigenvalue weighted by Crippen LogP contribution is -1.91. The molecule has 0 spiro atoms. The van der Waals surface area contributed by atoms with Gasteiger partial charge in [0.1, 0.15) is 0 Å². The van der Waals surface area contributed by atoms with Gasteiger partial charge in [0, 0.05) is 29.2 Å². The summed E-state index contributed by atoms with van der Waals surface area (Å²) in [5.74, 6) is 0.827. The van der Waals surface area contributed by atoms with Crippen molar-refractivity contribution in [1.29, 1.82) is 0 Å². The van der Waals surface area contributed by atoms with Gasteiger partial charge in [0.2, 0.25) is 0 Å². The fourth-order valence-corrected chi connectivity index (χ4v) is 2.29. The molecule has 0 saturated carbocycles. The molecule has 2 N–H and O–H groups in total. The topological polar surface area (TPSA) is 56.2 Å². The third kappa shape index (κ3) is 1.65. The number of anilines is 1. The van der Waals surface area contributed by atoms with Crippen molar-refractivity contribution in [3.05, 3.63) is 46.5 Å². The molecule has 3 heterocycles. The van der Waals surface area contributed by atoms with Crippen molar-refractivity contribution in [3.8, 4) is 0 Å². The molecule has 0 saturated heterocycles. The van der Waals surface area contributed by atoms with Gasteiger partial charge in [0.15, 0.2) is 11.5 Å². The minimum absolute atomic E-state index is 0.711. The minimum Gasteiger partial charge on any atom is -0.399 e. The Hall–Kier alpha value is -1.88. The molecule has 0 radical (unpaired) electrons. The van der Waals surface area contributed by atoms with Gasteiger partial charge in [-0.2, -0.15) is 5.10 Å². The van der Waals surface area contributed by atoms with Crippen LogP contribution in [0.3, 0.4) is 0 Å². The molecule has 3 aromatic heterocycles. The van der Waals surface area contributed by atoms with Gasteiger partial charge in [-0.1, -0.05) is 6.07 Å². The molecule has 3 aromatic rings. The highest BCUT2D eigenvalue weighted by Crippen LogP contribution is 2.14. The first kappa shape index (κ1) is 9.35. The van der Waals surface area contributed by atoms with E-state index in [1.807, 2.05) is 24.4 Å². The number of thiophene rings is 1. The highest BCUT2D eigenvalue weighted by molar-refractivity contribution is 7.09. The molecule has 5 heteroatoms. The molecule has 4 nitrogen and oxygen atoms in total. The SMILES string of the molecule is Nc1ccn2nc(Cc3cccs3)nc2c1. The highest BCUT2D eigenvalue weighted by atomic mass is 32.1. The van der Waals surface area contributed by atoms with Gasteiger partial charge in [-0.05, 0) is 17.5 Å². The monoisotopic (exact) mass is 230 g/mol. The van der Waals surface area contributed by atoms with Crippen LogP contribution >= 0.6 is 11.3 Å². The van der Waals surface area contributed by atoms with Gasteiger partial charge in [-0.15, -0.1) is 11.3 Å². The summed E-state index contributed by atoms with van der Waals surface area (Å²) in [6.07, 6.45) is 2.61. The zero-order chi connectivity index (χ0) is 11.0. The van der Waals surface area contributed by atoms with Crippen molar-refractivity contribution in [1.82, 2.24) is 14.6 Å². The molecule has 80 valence electrons. The van der Waals surface area contributed by atoms with Crippen LogP contribution in [-0.2, 0) is 6.42 Å². The van der Waals surface area contributed by atoms with Crippen molar-refractivity contribution in [2.75, 3.05) is 5.73 Å². The first-order valence-electron chi connectivity index (χ1n) is 4.94. The molecule has 0 unspecified atom stereocenters. The van der Waals surface area contributed by atoms with Crippen LogP contribution in [-0.4, -0.2) is 14.6 Å². The lowest BCUT2D eigenvalue weighted by molar-refractivity contribution is 0.905. The maximum Gasteiger partial charge on any atom is 0.157 e. The Bertz CT molecular complexity index is 612. The number of hydrogen-bond acceptors (Lipinski definition) is 4. The van der Waals surface area contributed by atoms with Crippen LogP contribution < -0.4 is 5.73 Å². The van der Waals surface area contributed by atoms with E-state index in [2.05, 4.69) is 21.5 Å². The van der Waals surface area contributed by atoms with Gasteiger partial charge >= 0.3 is 0 Å². The molecule has 0 aliphatic rings. The van der Waals surface area contributed by atoms with E-state index in [4.69, 9.17) is 5.73 Å². The first-order chi connectivity index (χ1) is 7.81. The standard InChI is InChI=1S/C11H10N4S/c12-8-3-4-15-11(6-8)13-10(14-15)7-9-2-1-5-16-9/h1-6H,7,12H2. The minimum atomic E-state index is 0.711. The molecule has 0 amide bonds. The average molecular weight is 230 g/mol. The van der Waals surface area contributed by atoms with Crippen LogP contribution in [0.15, 0.2) is 35.8 Å². The summed E-state index contributed by atoms with van der Waals surface area (Å²) in [7, 11) is 0. The summed E-state index contributed by atoms with van der Waals surface area (Å²) in [4.78, 5) is 5.69. The maximum atomic E-state index is 5.69. The molecular formula is C11H10N4S. The number of pyridine rings is 1. The predicted molar refractivity (Wildman–Crippen MR) is 64.5 cm³/mol. The Morgan fingerprint density at radius 2 is 2.31 bits per heavy atom. The van der Waals surface area contributed by atoms with E-state index in [1.165, 1.54) is 4.88 Å². The smallest absolute Gasteiger partial charge is 0.157 e. The number of nitrogen functional groups attached to an aromatic ring is 1. The summed E-state index contributed by atoms with van der Waals surface area (Å²) in [5.41, 5.74) is 7.20. The summed E-state index contributed by atoms with van der Waals surface area (Å²) in [6, 6.07) is 7.76. The van der Waals surface area contributed by atoms with Gasteiger partial charge in [-0.3, -0.25) is 0 Å². The van der Waals surface area contributed by atoms with E-state index >= 15 is 0 Å². The zero-order valence-corrected chi connectivity index (χ0v) is 9.31. The molecule has 0 atom stereocenters. The molecule has 0 fully saturated rings. The van der Waals surface area contributed by atoms with Gasteiger partial charge in [-0.25, -0.2) is 9.50 Å². The predicted octanol–water partition coefficient (Wildman–Crippen LogP) is 1.96. The highest BCUT2D eigenvalue weighted by Gasteiger charge is 2.05. The molecule has 0 aliphatic heterocycles. The van der Waals surface area contributed by atoms with Crippen LogP contribution in [0, 0.1) is 0 Å². The average Bonchev–Trinajstić information content (AvgIpc) is 2.86. The largest absolute Gasteiger partial charge is 0.399 e. The first-order valence-corrected chi connectivity index (χ1v) is 5.82. The van der Waals surface area contributed by atoms with E-state index in [-0.39, 0.29) is 0 Å². The number of nitrogens with two attached hydrogens (primary N) is 1. The fourth-order valence-electron chi connectivity index (χ4n) is 1.59. The van der Waals surface area contributed by atoms with Gasteiger partial charge < -0.3 is 5.73 Å². The maximum absolute atomic E-state index is 5.69. The summed E-state index contributed by atoms with van der Waals surface area (Å²) >= 11 is 1.72. The quantitative estimate of drug-likeness (QED) is 0.732. The molecule has 16 heavy (non-hydrogen) atoms. The Morgan fingerprint density at radius 1 is 1.38 bits per heavy atom. The van der Waals surface area contributed by atoms with Gasteiger partial charge in [0.25, 0.3) is 0 Å². The Kier molecular flexibility index (Phi) is 2.11. The van der Waals surface area contributed by atoms with E-state index in [0.717, 1.165) is 17.9 Å². The van der Waals surface area contributed by atoms with E-state index in [9.17, 15) is 0 Å². The molecule has 0 aliphatic carbocycles. The number of aromatic nitrogens is 3. The van der Waals surface area contributed by atoms with Crippen molar-refractivity contribution in [2.24, 2.45) is 0 Å². The third-order valence-corrected chi connectivity index (χ3v) is 3.19. The van der Waals surface area contributed by atoms with Crippen LogP contribution in [0.1, 0.15) is 10.7 Å². The van der Waals surface area contributed by atoms with Crippen LogP contribution in [0.4, 0.5) is 5.69 Å². The Morgan fingerprint density at radius 3 is 3.12 bits per heavy atom. The number of hydrogen-bond donors (Lipinski definition) is 1. The fraction of sp³-hybridized carbons (Fsp3) is 0.0909. The summed E-state index contributed by atoms with van der Waals surface area (Å²) in [6.45, 7) is 0.